The largest absolute Gasteiger partial charge is 0.489 e. The van der Waals surface area contributed by atoms with E-state index in [0.29, 0.717) is 18.2 Å². The number of ether oxygens (including phenoxy) is 2. The summed E-state index contributed by atoms with van der Waals surface area (Å²) in [5.41, 5.74) is 2.04. The average molecular weight is 285 g/mol. The zero-order valence-electron chi connectivity index (χ0n) is 11.7. The van der Waals surface area contributed by atoms with Gasteiger partial charge in [0.05, 0.1) is 13.2 Å². The van der Waals surface area contributed by atoms with E-state index in [-0.39, 0.29) is 18.4 Å². The van der Waals surface area contributed by atoms with Gasteiger partial charge in [0.15, 0.2) is 11.5 Å². The number of fused-ring (bicyclic) bond motifs is 1. The fourth-order valence-corrected chi connectivity index (χ4v) is 2.87. The second-order valence-electron chi connectivity index (χ2n) is 5.30. The molecule has 1 unspecified atom stereocenters. The van der Waals surface area contributed by atoms with Crippen molar-refractivity contribution in [1.29, 1.82) is 0 Å². The summed E-state index contributed by atoms with van der Waals surface area (Å²) in [4.78, 5) is 0. The summed E-state index contributed by atoms with van der Waals surface area (Å²) in [6.07, 6.45) is 0.870. The van der Waals surface area contributed by atoms with E-state index in [9.17, 15) is 5.11 Å². The molecule has 19 heavy (non-hydrogen) atoms. The first-order chi connectivity index (χ1) is 9.06. The van der Waals surface area contributed by atoms with Crippen LogP contribution in [0.3, 0.4) is 0 Å². The number of aliphatic hydroxyl groups excluding tert-OH is 1. The number of hydrogen-bond acceptors (Lipinski definition) is 3. The van der Waals surface area contributed by atoms with Crippen LogP contribution in [0, 0.1) is 0 Å². The third-order valence-corrected chi connectivity index (χ3v) is 3.72. The van der Waals surface area contributed by atoms with Crippen molar-refractivity contribution in [3.63, 3.8) is 0 Å². The van der Waals surface area contributed by atoms with Crippen LogP contribution in [0.1, 0.15) is 50.2 Å². The van der Waals surface area contributed by atoms with Crippen molar-refractivity contribution < 1.29 is 14.6 Å². The Morgan fingerprint density at radius 1 is 1.21 bits per heavy atom. The lowest BCUT2D eigenvalue weighted by molar-refractivity contribution is 0.271. The molecular formula is C15H21ClO3. The standard InChI is InChI=1S/C15H21ClO3/c1-9(2)13-14(10(3)8-17)11(16)7-12-15(13)19-6-4-5-18-12/h7,9-10,17H,4-6,8H2,1-3H3. The van der Waals surface area contributed by atoms with Crippen LogP contribution in [-0.2, 0) is 0 Å². The molecule has 1 aromatic rings. The van der Waals surface area contributed by atoms with Crippen LogP contribution in [0.5, 0.6) is 11.5 Å². The molecule has 1 aliphatic heterocycles. The van der Waals surface area contributed by atoms with Crippen LogP contribution in [0.15, 0.2) is 6.07 Å². The first-order valence-electron chi connectivity index (χ1n) is 6.79. The van der Waals surface area contributed by atoms with Crippen molar-refractivity contribution in [2.24, 2.45) is 0 Å². The summed E-state index contributed by atoms with van der Waals surface area (Å²) in [7, 11) is 0. The van der Waals surface area contributed by atoms with E-state index >= 15 is 0 Å². The summed E-state index contributed by atoms with van der Waals surface area (Å²) in [6, 6.07) is 1.82. The Bertz CT molecular complexity index is 457. The zero-order valence-corrected chi connectivity index (χ0v) is 12.5. The van der Waals surface area contributed by atoms with Gasteiger partial charge < -0.3 is 14.6 Å². The Morgan fingerprint density at radius 3 is 2.53 bits per heavy atom. The minimum Gasteiger partial charge on any atom is -0.489 e. The molecule has 1 atom stereocenters. The average Bonchev–Trinajstić information content (AvgIpc) is 2.60. The molecule has 1 heterocycles. The van der Waals surface area contributed by atoms with Crippen LogP contribution in [-0.4, -0.2) is 24.9 Å². The second kappa shape index (κ2) is 6.02. The molecule has 2 rings (SSSR count). The van der Waals surface area contributed by atoms with Crippen molar-refractivity contribution in [2.45, 2.75) is 39.0 Å². The molecule has 1 aliphatic rings. The van der Waals surface area contributed by atoms with Gasteiger partial charge >= 0.3 is 0 Å². The molecule has 4 heteroatoms. The molecule has 106 valence electrons. The van der Waals surface area contributed by atoms with Gasteiger partial charge in [0.2, 0.25) is 0 Å². The summed E-state index contributed by atoms with van der Waals surface area (Å²) < 4.78 is 11.6. The first-order valence-corrected chi connectivity index (χ1v) is 7.16. The third kappa shape index (κ3) is 2.82. The Hall–Kier alpha value is -0.930. The van der Waals surface area contributed by atoms with E-state index in [2.05, 4.69) is 13.8 Å². The highest BCUT2D eigenvalue weighted by molar-refractivity contribution is 6.31. The number of benzene rings is 1. The summed E-state index contributed by atoms with van der Waals surface area (Å²) in [6.45, 7) is 7.55. The van der Waals surface area contributed by atoms with Crippen molar-refractivity contribution in [1.82, 2.24) is 0 Å². The molecule has 0 radical (unpaired) electrons. The molecule has 0 saturated carbocycles. The highest BCUT2D eigenvalue weighted by atomic mass is 35.5. The van der Waals surface area contributed by atoms with Gasteiger partial charge in [-0.15, -0.1) is 0 Å². The maximum absolute atomic E-state index is 9.45. The molecule has 0 fully saturated rings. The lowest BCUT2D eigenvalue weighted by Gasteiger charge is -2.23. The maximum atomic E-state index is 9.45. The highest BCUT2D eigenvalue weighted by Crippen LogP contribution is 2.45. The van der Waals surface area contributed by atoms with E-state index in [0.717, 1.165) is 29.0 Å². The maximum Gasteiger partial charge on any atom is 0.164 e. The molecule has 0 spiro atoms. The van der Waals surface area contributed by atoms with Crippen LogP contribution in [0.4, 0.5) is 0 Å². The van der Waals surface area contributed by atoms with Gasteiger partial charge in [-0.1, -0.05) is 32.4 Å². The number of rotatable bonds is 3. The van der Waals surface area contributed by atoms with Gasteiger partial charge in [0, 0.05) is 35.6 Å². The fourth-order valence-electron chi connectivity index (χ4n) is 2.48. The minimum absolute atomic E-state index is 0.0120. The lowest BCUT2D eigenvalue weighted by Crippen LogP contribution is -2.09. The fraction of sp³-hybridized carbons (Fsp3) is 0.600. The molecule has 0 bridgehead atoms. The molecular weight excluding hydrogens is 264 g/mol. The smallest absolute Gasteiger partial charge is 0.164 e. The first kappa shape index (κ1) is 14.5. The Labute approximate surface area is 119 Å². The van der Waals surface area contributed by atoms with Gasteiger partial charge in [-0.25, -0.2) is 0 Å². The van der Waals surface area contributed by atoms with Crippen molar-refractivity contribution >= 4 is 11.6 Å². The molecule has 0 saturated heterocycles. The van der Waals surface area contributed by atoms with Gasteiger partial charge in [-0.2, -0.15) is 0 Å². The minimum atomic E-state index is -0.0120. The molecule has 0 aromatic heterocycles. The summed E-state index contributed by atoms with van der Waals surface area (Å²) in [5, 5.41) is 10.1. The second-order valence-corrected chi connectivity index (χ2v) is 5.71. The van der Waals surface area contributed by atoms with Crippen LogP contribution in [0.25, 0.3) is 0 Å². The van der Waals surface area contributed by atoms with Crippen molar-refractivity contribution in [3.05, 3.63) is 22.2 Å². The monoisotopic (exact) mass is 284 g/mol. The van der Waals surface area contributed by atoms with E-state index in [1.54, 1.807) is 0 Å². The number of hydrogen-bond donors (Lipinski definition) is 1. The van der Waals surface area contributed by atoms with Gasteiger partial charge in [0.25, 0.3) is 0 Å². The van der Waals surface area contributed by atoms with E-state index < -0.39 is 0 Å². The van der Waals surface area contributed by atoms with Gasteiger partial charge in [-0.05, 0) is 11.5 Å². The Kier molecular flexibility index (Phi) is 4.58. The third-order valence-electron chi connectivity index (χ3n) is 3.41. The Balaban J connectivity index is 2.64. The normalized spacial score (nSPS) is 16.3. The molecule has 0 amide bonds. The van der Waals surface area contributed by atoms with Crippen molar-refractivity contribution in [3.8, 4) is 11.5 Å². The summed E-state index contributed by atoms with van der Waals surface area (Å²) in [5.74, 6) is 1.77. The Morgan fingerprint density at radius 2 is 1.89 bits per heavy atom. The van der Waals surface area contributed by atoms with E-state index in [1.165, 1.54) is 0 Å². The van der Waals surface area contributed by atoms with Gasteiger partial charge in [-0.3, -0.25) is 0 Å². The lowest BCUT2D eigenvalue weighted by atomic mass is 9.89. The topological polar surface area (TPSA) is 38.7 Å². The molecule has 1 aromatic carbocycles. The van der Waals surface area contributed by atoms with Crippen LogP contribution >= 0.6 is 11.6 Å². The number of halogens is 1. The van der Waals surface area contributed by atoms with Crippen molar-refractivity contribution in [2.75, 3.05) is 19.8 Å². The predicted molar refractivity (Wildman–Crippen MR) is 76.6 cm³/mol. The molecule has 1 N–H and O–H groups in total. The van der Waals surface area contributed by atoms with E-state index in [4.69, 9.17) is 21.1 Å². The summed E-state index contributed by atoms with van der Waals surface area (Å²) >= 11 is 6.39. The molecule has 0 aliphatic carbocycles. The van der Waals surface area contributed by atoms with Gasteiger partial charge in [0.1, 0.15) is 0 Å². The van der Waals surface area contributed by atoms with E-state index in [1.807, 2.05) is 13.0 Å². The zero-order chi connectivity index (χ0) is 14.0. The van der Waals surface area contributed by atoms with Crippen LogP contribution < -0.4 is 9.47 Å². The quantitative estimate of drug-likeness (QED) is 0.919. The number of aliphatic hydroxyl groups is 1. The SMILES string of the molecule is CC(C)c1c2c(cc(Cl)c1C(C)CO)OCCCO2. The highest BCUT2D eigenvalue weighted by Gasteiger charge is 2.25. The molecule has 3 nitrogen and oxygen atoms in total. The van der Waals surface area contributed by atoms with Crippen LogP contribution in [0.2, 0.25) is 5.02 Å². The predicted octanol–water partition coefficient (Wildman–Crippen LogP) is 3.72.